The molecule has 7 heteroatoms. The van der Waals surface area contributed by atoms with Crippen molar-refractivity contribution in [1.29, 1.82) is 0 Å². The van der Waals surface area contributed by atoms with Gasteiger partial charge in [0.25, 0.3) is 5.91 Å². The highest BCUT2D eigenvalue weighted by Crippen LogP contribution is 2.15. The predicted octanol–water partition coefficient (Wildman–Crippen LogP) is 2.48. The molecule has 1 atom stereocenters. The lowest BCUT2D eigenvalue weighted by Crippen LogP contribution is -2.41. The molecule has 0 fully saturated rings. The highest BCUT2D eigenvalue weighted by atomic mass is 19.1. The molecule has 0 radical (unpaired) electrons. The molecule has 1 unspecified atom stereocenters. The van der Waals surface area contributed by atoms with Gasteiger partial charge >= 0.3 is 5.97 Å². The number of nitrogens with one attached hydrogen (secondary N) is 1. The normalized spacial score (nSPS) is 12.0. The third-order valence-corrected chi connectivity index (χ3v) is 2.68. The third-order valence-electron chi connectivity index (χ3n) is 2.68. The summed E-state index contributed by atoms with van der Waals surface area (Å²) in [6, 6.07) is -0.522. The Kier molecular flexibility index (Phi) is 5.54. The summed E-state index contributed by atoms with van der Waals surface area (Å²) in [6.07, 6.45) is 1.38. The molecule has 0 saturated carbocycles. The van der Waals surface area contributed by atoms with Crippen molar-refractivity contribution in [2.24, 2.45) is 0 Å². The van der Waals surface area contributed by atoms with Crippen molar-refractivity contribution in [3.8, 4) is 0 Å². The second-order valence-electron chi connectivity index (χ2n) is 4.25. The standard InChI is InChI=1S/C13H14F3NO3/c1-2-3-4-10(13(19)20)17-12(18)11-8(15)5-7(14)6-9(11)16/h5-6,10H,2-4H2,1H3,(H,17,18)(H,19,20). The Balaban J connectivity index is 2.92. The van der Waals surface area contributed by atoms with Crippen molar-refractivity contribution < 1.29 is 27.9 Å². The maximum atomic E-state index is 13.4. The summed E-state index contributed by atoms with van der Waals surface area (Å²) in [5, 5.41) is 10.9. The van der Waals surface area contributed by atoms with Gasteiger partial charge in [-0.2, -0.15) is 0 Å². The number of carbonyl (C=O) groups excluding carboxylic acids is 1. The second-order valence-corrected chi connectivity index (χ2v) is 4.25. The van der Waals surface area contributed by atoms with E-state index >= 15 is 0 Å². The van der Waals surface area contributed by atoms with Crippen LogP contribution in [0.2, 0.25) is 0 Å². The monoisotopic (exact) mass is 289 g/mol. The lowest BCUT2D eigenvalue weighted by atomic mass is 10.1. The molecule has 0 aliphatic carbocycles. The number of carbonyl (C=O) groups is 2. The van der Waals surface area contributed by atoms with E-state index in [0.717, 1.165) is 0 Å². The van der Waals surface area contributed by atoms with Crippen molar-refractivity contribution in [3.05, 3.63) is 35.1 Å². The van der Waals surface area contributed by atoms with E-state index < -0.39 is 40.9 Å². The van der Waals surface area contributed by atoms with Crippen LogP contribution in [0.1, 0.15) is 36.5 Å². The van der Waals surface area contributed by atoms with E-state index in [1.54, 1.807) is 0 Å². The fourth-order valence-electron chi connectivity index (χ4n) is 1.66. The minimum atomic E-state index is -1.38. The fourth-order valence-corrected chi connectivity index (χ4v) is 1.66. The van der Waals surface area contributed by atoms with E-state index in [9.17, 15) is 22.8 Å². The van der Waals surface area contributed by atoms with Gasteiger partial charge in [-0.25, -0.2) is 18.0 Å². The number of carboxylic acids is 1. The summed E-state index contributed by atoms with van der Waals surface area (Å²) in [5.74, 6) is -6.42. The van der Waals surface area contributed by atoms with Crippen molar-refractivity contribution >= 4 is 11.9 Å². The van der Waals surface area contributed by atoms with E-state index in [2.05, 4.69) is 0 Å². The summed E-state index contributed by atoms with van der Waals surface area (Å²) in [4.78, 5) is 22.6. The molecule has 0 heterocycles. The molecule has 0 aliphatic rings. The second kappa shape index (κ2) is 6.93. The SMILES string of the molecule is CCCCC(NC(=O)c1c(F)cc(F)cc1F)C(=O)O. The average Bonchev–Trinajstić information content (AvgIpc) is 2.32. The third kappa shape index (κ3) is 3.97. The maximum absolute atomic E-state index is 13.4. The van der Waals surface area contributed by atoms with Crippen LogP contribution in [0.3, 0.4) is 0 Å². The number of rotatable bonds is 6. The number of aliphatic carboxylic acids is 1. The molecule has 2 N–H and O–H groups in total. The number of hydrogen-bond donors (Lipinski definition) is 2. The molecule has 0 spiro atoms. The first kappa shape index (κ1) is 16.0. The summed E-state index contributed by atoms with van der Waals surface area (Å²) >= 11 is 0. The van der Waals surface area contributed by atoms with Crippen LogP contribution in [0.4, 0.5) is 13.2 Å². The zero-order chi connectivity index (χ0) is 15.3. The number of amides is 1. The number of halogens is 3. The Labute approximate surface area is 113 Å². The Hall–Kier alpha value is -2.05. The maximum Gasteiger partial charge on any atom is 0.326 e. The highest BCUT2D eigenvalue weighted by Gasteiger charge is 2.24. The molecule has 20 heavy (non-hydrogen) atoms. The number of hydrogen-bond acceptors (Lipinski definition) is 2. The minimum absolute atomic E-state index is 0.141. The topological polar surface area (TPSA) is 66.4 Å². The van der Waals surface area contributed by atoms with Crippen molar-refractivity contribution in [2.45, 2.75) is 32.2 Å². The lowest BCUT2D eigenvalue weighted by molar-refractivity contribution is -0.139. The molecule has 0 aromatic heterocycles. The molecule has 1 rings (SSSR count). The van der Waals surface area contributed by atoms with Crippen LogP contribution in [0, 0.1) is 17.5 Å². The van der Waals surface area contributed by atoms with Gasteiger partial charge in [-0.15, -0.1) is 0 Å². The highest BCUT2D eigenvalue weighted by molar-refractivity contribution is 5.97. The van der Waals surface area contributed by atoms with E-state index in [1.807, 2.05) is 12.2 Å². The van der Waals surface area contributed by atoms with E-state index in [4.69, 9.17) is 5.11 Å². The summed E-state index contributed by atoms with van der Waals surface area (Å²) in [7, 11) is 0. The van der Waals surface area contributed by atoms with Crippen LogP contribution in [0.5, 0.6) is 0 Å². The summed E-state index contributed by atoms with van der Waals surface area (Å²) in [5.41, 5.74) is -0.992. The van der Waals surface area contributed by atoms with Gasteiger partial charge in [0.1, 0.15) is 29.1 Å². The van der Waals surface area contributed by atoms with Crippen LogP contribution < -0.4 is 5.32 Å². The van der Waals surface area contributed by atoms with Gasteiger partial charge in [-0.05, 0) is 6.42 Å². The zero-order valence-electron chi connectivity index (χ0n) is 10.8. The number of unbranched alkanes of at least 4 members (excludes halogenated alkanes) is 1. The summed E-state index contributed by atoms with van der Waals surface area (Å²) < 4.78 is 39.5. The largest absolute Gasteiger partial charge is 0.480 e. The first-order valence-corrected chi connectivity index (χ1v) is 6.05. The molecule has 0 saturated heterocycles. The van der Waals surface area contributed by atoms with Gasteiger partial charge in [-0.3, -0.25) is 4.79 Å². The minimum Gasteiger partial charge on any atom is -0.480 e. The van der Waals surface area contributed by atoms with Crippen molar-refractivity contribution in [2.75, 3.05) is 0 Å². The summed E-state index contributed by atoms with van der Waals surface area (Å²) in [6.45, 7) is 1.83. The first-order chi connectivity index (χ1) is 9.36. The Morgan fingerprint density at radius 3 is 2.25 bits per heavy atom. The molecule has 110 valence electrons. The van der Waals surface area contributed by atoms with Crippen LogP contribution in [0.15, 0.2) is 12.1 Å². The van der Waals surface area contributed by atoms with Crippen molar-refractivity contribution in [1.82, 2.24) is 5.32 Å². The zero-order valence-corrected chi connectivity index (χ0v) is 10.8. The molecule has 1 amide bonds. The van der Waals surface area contributed by atoms with E-state index in [-0.39, 0.29) is 6.42 Å². The first-order valence-electron chi connectivity index (χ1n) is 6.05. The van der Waals surface area contributed by atoms with Gasteiger partial charge in [-0.1, -0.05) is 19.8 Å². The predicted molar refractivity (Wildman–Crippen MR) is 64.7 cm³/mol. The van der Waals surface area contributed by atoms with E-state index in [0.29, 0.717) is 25.0 Å². The van der Waals surface area contributed by atoms with Crippen LogP contribution in [-0.2, 0) is 4.79 Å². The molecular weight excluding hydrogens is 275 g/mol. The molecule has 0 aliphatic heterocycles. The Morgan fingerprint density at radius 2 is 1.80 bits per heavy atom. The van der Waals surface area contributed by atoms with Gasteiger partial charge in [0.05, 0.1) is 0 Å². The lowest BCUT2D eigenvalue weighted by Gasteiger charge is -2.14. The molecule has 0 bridgehead atoms. The molecule has 4 nitrogen and oxygen atoms in total. The smallest absolute Gasteiger partial charge is 0.326 e. The number of carboxylic acid groups (broad SMARTS) is 1. The average molecular weight is 289 g/mol. The number of benzene rings is 1. The van der Waals surface area contributed by atoms with Crippen LogP contribution in [0.25, 0.3) is 0 Å². The molecule has 1 aromatic carbocycles. The van der Waals surface area contributed by atoms with E-state index in [1.165, 1.54) is 0 Å². The Bertz CT molecular complexity index is 497. The van der Waals surface area contributed by atoms with Crippen LogP contribution in [-0.4, -0.2) is 23.0 Å². The van der Waals surface area contributed by atoms with Crippen LogP contribution >= 0.6 is 0 Å². The van der Waals surface area contributed by atoms with Crippen molar-refractivity contribution in [3.63, 3.8) is 0 Å². The molecular formula is C13H14F3NO3. The quantitative estimate of drug-likeness (QED) is 0.845. The van der Waals surface area contributed by atoms with Gasteiger partial charge in [0, 0.05) is 12.1 Å². The van der Waals surface area contributed by atoms with Gasteiger partial charge in [0.2, 0.25) is 0 Å². The van der Waals surface area contributed by atoms with Gasteiger partial charge < -0.3 is 10.4 Å². The fraction of sp³-hybridized carbons (Fsp3) is 0.385. The Morgan fingerprint density at radius 1 is 1.25 bits per heavy atom. The van der Waals surface area contributed by atoms with Gasteiger partial charge in [0.15, 0.2) is 0 Å². The molecule has 1 aromatic rings.